The fourth-order valence-corrected chi connectivity index (χ4v) is 3.59. The van der Waals surface area contributed by atoms with Gasteiger partial charge in [0.15, 0.2) is 10.1 Å². The summed E-state index contributed by atoms with van der Waals surface area (Å²) in [6.45, 7) is 0. The minimum atomic E-state index is -1.73. The first-order chi connectivity index (χ1) is 8.84. The van der Waals surface area contributed by atoms with Gasteiger partial charge in [-0.2, -0.15) is 0 Å². The van der Waals surface area contributed by atoms with E-state index < -0.39 is 9.96 Å². The van der Waals surface area contributed by atoms with Gasteiger partial charge < -0.3 is 11.1 Å². The smallest absolute Gasteiger partial charge is 0.229 e. The van der Waals surface area contributed by atoms with Crippen LogP contribution in [0.5, 0.6) is 0 Å². The van der Waals surface area contributed by atoms with Crippen LogP contribution < -0.4 is 11.1 Å². The molecule has 4 nitrogen and oxygen atoms in total. The number of amides is 1. The number of carbonyl (C=O) groups excluding carboxylic acids is 1. The van der Waals surface area contributed by atoms with Gasteiger partial charge in [-0.05, 0) is 30.4 Å². The van der Waals surface area contributed by atoms with Crippen molar-refractivity contribution in [3.05, 3.63) is 22.2 Å². The van der Waals surface area contributed by atoms with E-state index in [1.807, 2.05) is 0 Å². The first-order valence-corrected chi connectivity index (χ1v) is 7.37. The Balaban J connectivity index is 2.69. The van der Waals surface area contributed by atoms with Gasteiger partial charge in [-0.25, -0.2) is 0 Å². The van der Waals surface area contributed by atoms with Crippen LogP contribution >= 0.6 is 58.4 Å². The van der Waals surface area contributed by atoms with Gasteiger partial charge in [0.1, 0.15) is 0 Å². The highest BCUT2D eigenvalue weighted by Gasteiger charge is 2.35. The topological polar surface area (TPSA) is 60.0 Å². The number of hydrogen-bond donors (Lipinski definition) is 2. The van der Waals surface area contributed by atoms with E-state index in [4.69, 9.17) is 52.8 Å². The molecule has 1 amide bonds. The minimum Gasteiger partial charge on any atom is -0.399 e. The quantitative estimate of drug-likeness (QED) is 0.382. The Morgan fingerprint density at radius 1 is 1.47 bits per heavy atom. The average molecular weight is 357 g/mol. The van der Waals surface area contributed by atoms with Crippen LogP contribution in [0.1, 0.15) is 6.17 Å². The van der Waals surface area contributed by atoms with Crippen molar-refractivity contribution in [3.8, 4) is 0 Å². The van der Waals surface area contributed by atoms with E-state index in [9.17, 15) is 4.79 Å². The second kappa shape index (κ2) is 5.46. The summed E-state index contributed by atoms with van der Waals surface area (Å²) in [5, 5.41) is 2.47. The summed E-state index contributed by atoms with van der Waals surface area (Å²) in [7, 11) is 0. The highest BCUT2D eigenvalue weighted by Crippen LogP contribution is 2.39. The predicted molar refractivity (Wildman–Crippen MR) is 83.6 cm³/mol. The second-order valence-electron chi connectivity index (χ2n) is 3.69. The number of halogens is 3. The number of nitrogens with one attached hydrogen (secondary N) is 1. The third-order valence-electron chi connectivity index (χ3n) is 2.43. The molecule has 3 N–H and O–H groups in total. The van der Waals surface area contributed by atoms with E-state index in [1.54, 1.807) is 22.8 Å². The van der Waals surface area contributed by atoms with Crippen LogP contribution in [-0.2, 0) is 4.79 Å². The first-order valence-electron chi connectivity index (χ1n) is 5.01. The largest absolute Gasteiger partial charge is 0.399 e. The summed E-state index contributed by atoms with van der Waals surface area (Å²) in [5.74, 6) is 0. The second-order valence-corrected chi connectivity index (χ2v) is 7.74. The fourth-order valence-electron chi connectivity index (χ4n) is 1.68. The number of hydrogen-bond acceptors (Lipinski definition) is 4. The van der Waals surface area contributed by atoms with E-state index in [2.05, 4.69) is 5.32 Å². The third kappa shape index (κ3) is 2.98. The number of rotatable bonds is 3. The van der Waals surface area contributed by atoms with Crippen molar-refractivity contribution in [2.75, 3.05) is 5.73 Å². The number of anilines is 1. The average Bonchev–Trinajstić information content (AvgIpc) is 2.59. The van der Waals surface area contributed by atoms with E-state index in [1.165, 1.54) is 11.3 Å². The van der Waals surface area contributed by atoms with E-state index in [-0.39, 0.29) is 0 Å². The SMILES string of the molecule is Nc1ccc2c(c1)sc(=S)n2[C@H](NC=O)C(Cl)(Cl)Cl. The van der Waals surface area contributed by atoms with Crippen LogP contribution in [0.15, 0.2) is 18.2 Å². The lowest BCUT2D eigenvalue weighted by molar-refractivity contribution is -0.110. The number of benzene rings is 1. The highest BCUT2D eigenvalue weighted by molar-refractivity contribution is 7.73. The predicted octanol–water partition coefficient (Wildman–Crippen LogP) is 3.63. The summed E-state index contributed by atoms with van der Waals surface area (Å²) < 4.78 is 1.20. The molecular weight excluding hydrogens is 349 g/mol. The van der Waals surface area contributed by atoms with Gasteiger partial charge >= 0.3 is 0 Å². The lowest BCUT2D eigenvalue weighted by atomic mass is 10.3. The van der Waals surface area contributed by atoms with Crippen LogP contribution in [-0.4, -0.2) is 14.8 Å². The van der Waals surface area contributed by atoms with Gasteiger partial charge in [0.2, 0.25) is 10.2 Å². The Morgan fingerprint density at radius 2 is 2.16 bits per heavy atom. The van der Waals surface area contributed by atoms with E-state index >= 15 is 0 Å². The van der Waals surface area contributed by atoms with Gasteiger partial charge in [-0.15, -0.1) is 11.3 Å². The summed E-state index contributed by atoms with van der Waals surface area (Å²) in [6.07, 6.45) is -0.422. The molecule has 0 bridgehead atoms. The maximum Gasteiger partial charge on any atom is 0.229 e. The minimum absolute atomic E-state index is 0.467. The van der Waals surface area contributed by atoms with E-state index in [0.717, 1.165) is 10.2 Å². The number of nitrogen functional groups attached to an aromatic ring is 1. The van der Waals surface area contributed by atoms with Crippen molar-refractivity contribution < 1.29 is 4.79 Å². The summed E-state index contributed by atoms with van der Waals surface area (Å²) >= 11 is 24.3. The van der Waals surface area contributed by atoms with Gasteiger partial charge in [0.05, 0.1) is 10.2 Å². The van der Waals surface area contributed by atoms with Crippen LogP contribution in [0.25, 0.3) is 10.2 Å². The van der Waals surface area contributed by atoms with Crippen molar-refractivity contribution in [3.63, 3.8) is 0 Å². The van der Waals surface area contributed by atoms with Crippen LogP contribution in [0.3, 0.4) is 0 Å². The Kier molecular flexibility index (Phi) is 4.27. The van der Waals surface area contributed by atoms with Gasteiger partial charge in [0.25, 0.3) is 0 Å². The summed E-state index contributed by atoms with van der Waals surface area (Å²) in [4.78, 5) is 10.7. The molecule has 0 unspecified atom stereocenters. The zero-order chi connectivity index (χ0) is 14.2. The van der Waals surface area contributed by atoms with Crippen LogP contribution in [0.4, 0.5) is 5.69 Å². The lowest BCUT2D eigenvalue weighted by Gasteiger charge is -2.25. The maximum absolute atomic E-state index is 10.7. The monoisotopic (exact) mass is 355 g/mol. The van der Waals surface area contributed by atoms with Gasteiger partial charge in [0, 0.05) is 5.69 Å². The number of aromatic nitrogens is 1. The van der Waals surface area contributed by atoms with Crippen molar-refractivity contribution in [2.24, 2.45) is 0 Å². The third-order valence-corrected chi connectivity index (χ3v) is 4.42. The summed E-state index contributed by atoms with van der Waals surface area (Å²) in [6, 6.07) is 5.27. The Labute approximate surface area is 133 Å². The fraction of sp³-hybridized carbons (Fsp3) is 0.200. The molecule has 1 aromatic carbocycles. The van der Waals surface area contributed by atoms with Crippen LogP contribution in [0.2, 0.25) is 0 Å². The molecule has 0 aliphatic carbocycles. The summed E-state index contributed by atoms with van der Waals surface area (Å²) in [5.41, 5.74) is 7.08. The molecule has 2 aromatic rings. The standard InChI is InChI=1S/C10H8Cl3N3OS2/c11-10(12,13)8(15-4-17)16-6-2-1-5(14)3-7(6)19-9(16)18/h1-4,8H,14H2,(H,15,17)/t8-/m0/s1. The molecule has 1 heterocycles. The molecule has 2 rings (SSSR count). The Morgan fingerprint density at radius 3 is 2.74 bits per heavy atom. The lowest BCUT2D eigenvalue weighted by Crippen LogP contribution is -2.35. The van der Waals surface area contributed by atoms with Crippen molar-refractivity contribution in [1.82, 2.24) is 9.88 Å². The zero-order valence-electron chi connectivity index (χ0n) is 9.27. The zero-order valence-corrected chi connectivity index (χ0v) is 13.2. The molecule has 0 aliphatic rings. The normalized spacial score (nSPS) is 13.4. The Hall–Kier alpha value is -0.530. The van der Waals surface area contributed by atoms with E-state index in [0.29, 0.717) is 16.1 Å². The number of fused-ring (bicyclic) bond motifs is 1. The number of thiazole rings is 1. The van der Waals surface area contributed by atoms with Crippen LogP contribution in [0, 0.1) is 3.95 Å². The molecule has 0 saturated heterocycles. The van der Waals surface area contributed by atoms with Gasteiger partial charge in [-0.1, -0.05) is 34.8 Å². The number of nitrogens with two attached hydrogens (primary N) is 1. The first kappa shape index (κ1) is 14.9. The molecule has 1 aromatic heterocycles. The number of carbonyl (C=O) groups is 1. The molecule has 0 radical (unpaired) electrons. The van der Waals surface area contributed by atoms with Crippen molar-refractivity contribution in [1.29, 1.82) is 0 Å². The Bertz CT molecular complexity index is 677. The highest BCUT2D eigenvalue weighted by atomic mass is 35.6. The molecule has 9 heteroatoms. The number of nitrogens with zero attached hydrogens (tertiary/aromatic N) is 1. The molecule has 1 atom stereocenters. The molecule has 0 fully saturated rings. The molecule has 0 aliphatic heterocycles. The maximum atomic E-state index is 10.7. The molecule has 0 saturated carbocycles. The number of alkyl halides is 3. The molecule has 102 valence electrons. The van der Waals surface area contributed by atoms with Crippen molar-refractivity contribution >= 4 is 80.7 Å². The van der Waals surface area contributed by atoms with Crippen molar-refractivity contribution in [2.45, 2.75) is 9.96 Å². The molecule has 19 heavy (non-hydrogen) atoms. The van der Waals surface area contributed by atoms with Gasteiger partial charge in [-0.3, -0.25) is 9.36 Å². The molecular formula is C10H8Cl3N3OS2. The molecule has 0 spiro atoms.